The molecule has 2 unspecified atom stereocenters. The highest BCUT2D eigenvalue weighted by Gasteiger charge is 2.29. The molecule has 0 radical (unpaired) electrons. The minimum Gasteiger partial charge on any atom is -0.384 e. The molecule has 1 aromatic carbocycles. The molecule has 0 N–H and O–H groups in total. The van der Waals surface area contributed by atoms with Gasteiger partial charge in [0.2, 0.25) is 5.13 Å². The van der Waals surface area contributed by atoms with Gasteiger partial charge >= 0.3 is 0 Å². The fourth-order valence-corrected chi connectivity index (χ4v) is 3.61. The summed E-state index contributed by atoms with van der Waals surface area (Å²) in [6.45, 7) is 4.19. The maximum absolute atomic E-state index is 6.10. The number of aromatic nitrogens is 2. The molecule has 1 aliphatic heterocycles. The number of hydrogen-bond acceptors (Lipinski definition) is 6. The Hall–Kier alpha value is -1.21. The Morgan fingerprint density at radius 3 is 3.13 bits per heavy atom. The van der Waals surface area contributed by atoms with Crippen LogP contribution in [0.3, 0.4) is 0 Å². The van der Waals surface area contributed by atoms with Crippen molar-refractivity contribution in [2.75, 3.05) is 31.8 Å². The van der Waals surface area contributed by atoms with Crippen LogP contribution in [0.1, 0.15) is 24.4 Å². The second kappa shape index (κ2) is 7.57. The van der Waals surface area contributed by atoms with Gasteiger partial charge in [-0.2, -0.15) is 4.37 Å². The van der Waals surface area contributed by atoms with E-state index < -0.39 is 0 Å². The van der Waals surface area contributed by atoms with Crippen molar-refractivity contribution in [3.63, 3.8) is 0 Å². The molecule has 0 aliphatic carbocycles. The van der Waals surface area contributed by atoms with Crippen LogP contribution in [-0.2, 0) is 15.9 Å². The average molecular weight is 354 g/mol. The van der Waals surface area contributed by atoms with Crippen molar-refractivity contribution in [2.45, 2.75) is 25.5 Å². The Morgan fingerprint density at radius 2 is 2.35 bits per heavy atom. The molecule has 2 atom stereocenters. The van der Waals surface area contributed by atoms with E-state index in [2.05, 4.69) is 27.2 Å². The Balaban J connectivity index is 1.74. The number of anilines is 1. The second-order valence-corrected chi connectivity index (χ2v) is 6.78. The number of benzene rings is 1. The van der Waals surface area contributed by atoms with Crippen LogP contribution in [0.2, 0.25) is 5.02 Å². The van der Waals surface area contributed by atoms with Crippen molar-refractivity contribution in [3.05, 3.63) is 40.7 Å². The molecule has 2 heterocycles. The number of methoxy groups -OCH3 is 1. The van der Waals surface area contributed by atoms with Crippen molar-refractivity contribution >= 4 is 28.3 Å². The fraction of sp³-hybridized carbons (Fsp3) is 0.500. The third-order valence-corrected chi connectivity index (χ3v) is 4.91. The molecule has 2 aromatic rings. The lowest BCUT2D eigenvalue weighted by Gasteiger charge is -2.37. The van der Waals surface area contributed by atoms with Crippen LogP contribution in [-0.4, -0.2) is 42.3 Å². The largest absolute Gasteiger partial charge is 0.384 e. The maximum Gasteiger partial charge on any atom is 0.205 e. The average Bonchev–Trinajstić information content (AvgIpc) is 3.02. The highest BCUT2D eigenvalue weighted by atomic mass is 35.5. The molecule has 1 fully saturated rings. The molecule has 0 amide bonds. The minimum atomic E-state index is -0.00350. The summed E-state index contributed by atoms with van der Waals surface area (Å²) < 4.78 is 15.5. The normalized spacial score (nSPS) is 21.6. The smallest absolute Gasteiger partial charge is 0.205 e. The first-order chi connectivity index (χ1) is 11.2. The van der Waals surface area contributed by atoms with Gasteiger partial charge in [-0.05, 0) is 24.6 Å². The van der Waals surface area contributed by atoms with Crippen LogP contribution in [0.5, 0.6) is 0 Å². The van der Waals surface area contributed by atoms with E-state index >= 15 is 0 Å². The van der Waals surface area contributed by atoms with Gasteiger partial charge in [0.05, 0.1) is 25.8 Å². The first-order valence-electron chi connectivity index (χ1n) is 7.62. The molecule has 0 spiro atoms. The zero-order valence-electron chi connectivity index (χ0n) is 13.2. The summed E-state index contributed by atoms with van der Waals surface area (Å²) >= 11 is 7.53. The van der Waals surface area contributed by atoms with Gasteiger partial charge in [-0.3, -0.25) is 0 Å². The lowest BCUT2D eigenvalue weighted by molar-refractivity contribution is 0.0215. The van der Waals surface area contributed by atoms with E-state index in [1.54, 1.807) is 7.11 Å². The van der Waals surface area contributed by atoms with Crippen molar-refractivity contribution in [1.82, 2.24) is 9.36 Å². The Bertz CT molecular complexity index is 652. The summed E-state index contributed by atoms with van der Waals surface area (Å²) in [4.78, 5) is 6.91. The van der Waals surface area contributed by atoms with Gasteiger partial charge in [0.1, 0.15) is 11.9 Å². The summed E-state index contributed by atoms with van der Waals surface area (Å²) in [5.74, 6) is 0.838. The lowest BCUT2D eigenvalue weighted by Crippen LogP contribution is -2.45. The molecule has 7 heteroatoms. The summed E-state index contributed by atoms with van der Waals surface area (Å²) in [6, 6.07) is 8.12. The molecule has 23 heavy (non-hydrogen) atoms. The molecular weight excluding hydrogens is 334 g/mol. The van der Waals surface area contributed by atoms with E-state index in [1.165, 1.54) is 11.5 Å². The van der Waals surface area contributed by atoms with E-state index in [9.17, 15) is 0 Å². The zero-order valence-corrected chi connectivity index (χ0v) is 14.8. The number of morpholine rings is 1. The first kappa shape index (κ1) is 16.6. The number of ether oxygens (including phenoxy) is 2. The zero-order chi connectivity index (χ0) is 16.2. The van der Waals surface area contributed by atoms with Crippen molar-refractivity contribution in [3.8, 4) is 0 Å². The van der Waals surface area contributed by atoms with Crippen molar-refractivity contribution in [1.29, 1.82) is 0 Å². The van der Waals surface area contributed by atoms with Crippen molar-refractivity contribution in [2.24, 2.45) is 0 Å². The van der Waals surface area contributed by atoms with E-state index in [1.807, 2.05) is 18.2 Å². The van der Waals surface area contributed by atoms with Gasteiger partial charge in [0.25, 0.3) is 0 Å². The molecule has 1 aromatic heterocycles. The lowest BCUT2D eigenvalue weighted by atomic mass is 10.1. The first-order valence-corrected chi connectivity index (χ1v) is 8.77. The van der Waals surface area contributed by atoms with E-state index in [0.29, 0.717) is 13.2 Å². The molecule has 5 nitrogen and oxygen atoms in total. The fourth-order valence-electron chi connectivity index (χ4n) is 2.59. The molecule has 3 rings (SSSR count). The Kier molecular flexibility index (Phi) is 5.48. The Labute approximate surface area is 145 Å². The van der Waals surface area contributed by atoms with Gasteiger partial charge in [-0.1, -0.05) is 23.7 Å². The summed E-state index contributed by atoms with van der Waals surface area (Å²) in [6.07, 6.45) is 0.736. The summed E-state index contributed by atoms with van der Waals surface area (Å²) in [5, 5.41) is 1.67. The van der Waals surface area contributed by atoms with Crippen molar-refractivity contribution < 1.29 is 9.47 Å². The number of rotatable bonds is 5. The molecule has 1 saturated heterocycles. The Morgan fingerprint density at radius 1 is 1.48 bits per heavy atom. The summed E-state index contributed by atoms with van der Waals surface area (Å²) in [5.41, 5.74) is 1.10. The third-order valence-electron chi connectivity index (χ3n) is 3.89. The number of nitrogens with zero attached hydrogens (tertiary/aromatic N) is 3. The predicted octanol–water partition coefficient (Wildman–Crippen LogP) is 3.35. The van der Waals surface area contributed by atoms with Gasteiger partial charge < -0.3 is 14.4 Å². The van der Waals surface area contributed by atoms with Crippen LogP contribution in [0.15, 0.2) is 24.3 Å². The summed E-state index contributed by atoms with van der Waals surface area (Å²) in [7, 11) is 1.69. The van der Waals surface area contributed by atoms with Crippen LogP contribution in [0.25, 0.3) is 0 Å². The molecule has 0 saturated carbocycles. The van der Waals surface area contributed by atoms with Crippen LogP contribution < -0.4 is 4.90 Å². The topological polar surface area (TPSA) is 47.5 Å². The van der Waals surface area contributed by atoms with E-state index in [4.69, 9.17) is 21.1 Å². The van der Waals surface area contributed by atoms with Gasteiger partial charge in [0.15, 0.2) is 0 Å². The maximum atomic E-state index is 6.10. The highest BCUT2D eigenvalue weighted by molar-refractivity contribution is 7.09. The van der Waals surface area contributed by atoms with E-state index in [0.717, 1.165) is 34.5 Å². The van der Waals surface area contributed by atoms with Crippen LogP contribution >= 0.6 is 23.1 Å². The molecular formula is C16H20ClN3O2S. The quantitative estimate of drug-likeness (QED) is 0.825. The van der Waals surface area contributed by atoms with Crippen LogP contribution in [0, 0.1) is 0 Å². The molecule has 124 valence electrons. The van der Waals surface area contributed by atoms with Gasteiger partial charge in [-0.15, -0.1) is 0 Å². The molecule has 0 bridgehead atoms. The van der Waals surface area contributed by atoms with Gasteiger partial charge in [-0.25, -0.2) is 4.98 Å². The molecule has 1 aliphatic rings. The second-order valence-electron chi connectivity index (χ2n) is 5.61. The third kappa shape index (κ3) is 4.01. The number of halogens is 1. The van der Waals surface area contributed by atoms with Crippen LogP contribution in [0.4, 0.5) is 5.13 Å². The SMILES string of the molecule is COCCc1nsc(N2CC(c3cccc(Cl)c3)OCC2C)n1. The predicted molar refractivity (Wildman–Crippen MR) is 92.4 cm³/mol. The van der Waals surface area contributed by atoms with Gasteiger partial charge in [0, 0.05) is 30.1 Å². The monoisotopic (exact) mass is 353 g/mol. The standard InChI is InChI=1S/C16H20ClN3O2S/c1-11-10-22-14(12-4-3-5-13(17)8-12)9-20(11)16-18-15(19-23-16)6-7-21-2/h3-5,8,11,14H,6-7,9-10H2,1-2H3. The number of hydrogen-bond donors (Lipinski definition) is 0. The van der Waals surface area contributed by atoms with E-state index in [-0.39, 0.29) is 12.1 Å². The highest BCUT2D eigenvalue weighted by Crippen LogP contribution is 2.30. The minimum absolute atomic E-state index is 0.00350.